The molecule has 2 aromatic heterocycles. The van der Waals surface area contributed by atoms with Crippen LogP contribution in [0.3, 0.4) is 0 Å². The number of amides is 1. The van der Waals surface area contributed by atoms with Gasteiger partial charge in [-0.2, -0.15) is 0 Å². The number of piperazine rings is 1. The van der Waals surface area contributed by atoms with Crippen molar-refractivity contribution < 1.29 is 4.79 Å². The molecule has 0 N–H and O–H groups in total. The molecule has 3 heterocycles. The molecule has 1 amide bonds. The number of carbonyl (C=O) groups is 1. The fourth-order valence-electron chi connectivity index (χ4n) is 3.42. The summed E-state index contributed by atoms with van der Waals surface area (Å²) in [6.45, 7) is 4.75. The summed E-state index contributed by atoms with van der Waals surface area (Å²) >= 11 is 0. The average Bonchev–Trinajstić information content (AvgIpc) is 2.68. The topological polar surface area (TPSA) is 49.3 Å². The van der Waals surface area contributed by atoms with Gasteiger partial charge in [-0.1, -0.05) is 24.3 Å². The zero-order chi connectivity index (χ0) is 17.2. The van der Waals surface area contributed by atoms with Gasteiger partial charge in [-0.15, -0.1) is 0 Å². The molecule has 0 unspecified atom stereocenters. The van der Waals surface area contributed by atoms with E-state index in [0.29, 0.717) is 0 Å². The fraction of sp³-hybridized carbons (Fsp3) is 0.250. The van der Waals surface area contributed by atoms with Crippen molar-refractivity contribution in [3.8, 4) is 11.1 Å². The van der Waals surface area contributed by atoms with E-state index in [0.717, 1.165) is 48.5 Å². The normalized spacial score (nSPS) is 14.8. The minimum absolute atomic E-state index is 0.144. The third kappa shape index (κ3) is 2.93. The first-order valence-corrected chi connectivity index (χ1v) is 8.52. The summed E-state index contributed by atoms with van der Waals surface area (Å²) < 4.78 is 0. The Morgan fingerprint density at radius 3 is 2.32 bits per heavy atom. The minimum atomic E-state index is 0.144. The lowest BCUT2D eigenvalue weighted by molar-refractivity contribution is -0.129. The predicted molar refractivity (Wildman–Crippen MR) is 99.4 cm³/mol. The predicted octanol–water partition coefficient (Wildman–Crippen LogP) is 2.97. The molecular formula is C20H20N4O. The summed E-state index contributed by atoms with van der Waals surface area (Å²) in [5.41, 5.74) is 2.23. The Morgan fingerprint density at radius 1 is 0.960 bits per heavy atom. The SMILES string of the molecule is CC(=O)N1CCN(c2ncc(-c3ccncc3)c3ccccc23)CC1. The number of rotatable bonds is 2. The molecule has 3 aromatic rings. The number of anilines is 1. The molecule has 1 saturated heterocycles. The molecule has 126 valence electrons. The summed E-state index contributed by atoms with van der Waals surface area (Å²) in [6, 6.07) is 12.4. The van der Waals surface area contributed by atoms with Crippen molar-refractivity contribution in [1.29, 1.82) is 0 Å². The quantitative estimate of drug-likeness (QED) is 0.724. The number of pyridine rings is 2. The zero-order valence-corrected chi connectivity index (χ0v) is 14.2. The lowest BCUT2D eigenvalue weighted by atomic mass is 10.0. The lowest BCUT2D eigenvalue weighted by Gasteiger charge is -2.35. The molecule has 5 heteroatoms. The molecule has 4 rings (SSSR count). The smallest absolute Gasteiger partial charge is 0.219 e. The maximum atomic E-state index is 11.5. The summed E-state index contributed by atoms with van der Waals surface area (Å²) in [7, 11) is 0. The monoisotopic (exact) mass is 332 g/mol. The standard InChI is InChI=1S/C20H20N4O/c1-15(25)23-10-12-24(13-11-23)20-18-5-3-2-4-17(18)19(14-22-20)16-6-8-21-9-7-16/h2-9,14H,10-13H2,1H3. The van der Waals surface area contributed by atoms with Crippen LogP contribution in [-0.4, -0.2) is 47.0 Å². The molecule has 5 nitrogen and oxygen atoms in total. The van der Waals surface area contributed by atoms with Crippen molar-refractivity contribution in [2.45, 2.75) is 6.92 Å². The van der Waals surface area contributed by atoms with Crippen LogP contribution >= 0.6 is 0 Å². The molecule has 0 aliphatic carbocycles. The van der Waals surface area contributed by atoms with Gasteiger partial charge < -0.3 is 9.80 Å². The molecule has 1 fully saturated rings. The van der Waals surface area contributed by atoms with Crippen LogP contribution in [-0.2, 0) is 4.79 Å². The molecule has 1 aliphatic heterocycles. The summed E-state index contributed by atoms with van der Waals surface area (Å²) in [4.78, 5) is 24.6. The Morgan fingerprint density at radius 2 is 1.64 bits per heavy atom. The van der Waals surface area contributed by atoms with Crippen molar-refractivity contribution in [2.75, 3.05) is 31.1 Å². The number of hydrogen-bond donors (Lipinski definition) is 0. The first-order chi connectivity index (χ1) is 12.2. The Kier molecular flexibility index (Phi) is 4.06. The number of nitrogens with zero attached hydrogens (tertiary/aromatic N) is 4. The first-order valence-electron chi connectivity index (χ1n) is 8.52. The Bertz CT molecular complexity index is 902. The number of hydrogen-bond acceptors (Lipinski definition) is 4. The van der Waals surface area contributed by atoms with E-state index in [1.807, 2.05) is 23.2 Å². The van der Waals surface area contributed by atoms with Gasteiger partial charge in [-0.3, -0.25) is 9.78 Å². The molecule has 0 spiro atoms. The fourth-order valence-corrected chi connectivity index (χ4v) is 3.42. The van der Waals surface area contributed by atoms with Crippen molar-refractivity contribution in [3.63, 3.8) is 0 Å². The van der Waals surface area contributed by atoms with E-state index in [1.54, 1.807) is 19.3 Å². The Hall–Kier alpha value is -2.95. The third-order valence-electron chi connectivity index (χ3n) is 4.79. The molecular weight excluding hydrogens is 312 g/mol. The van der Waals surface area contributed by atoms with E-state index in [4.69, 9.17) is 4.98 Å². The second-order valence-corrected chi connectivity index (χ2v) is 6.27. The van der Waals surface area contributed by atoms with Crippen molar-refractivity contribution in [1.82, 2.24) is 14.9 Å². The van der Waals surface area contributed by atoms with Gasteiger partial charge in [0, 0.05) is 62.6 Å². The van der Waals surface area contributed by atoms with Gasteiger partial charge in [0.1, 0.15) is 5.82 Å². The van der Waals surface area contributed by atoms with Crippen LogP contribution < -0.4 is 4.90 Å². The average molecular weight is 332 g/mol. The Balaban J connectivity index is 1.74. The van der Waals surface area contributed by atoms with Crippen LogP contribution in [0.5, 0.6) is 0 Å². The molecule has 25 heavy (non-hydrogen) atoms. The van der Waals surface area contributed by atoms with Crippen molar-refractivity contribution in [3.05, 3.63) is 55.0 Å². The highest BCUT2D eigenvalue weighted by Gasteiger charge is 2.21. The van der Waals surface area contributed by atoms with Crippen molar-refractivity contribution in [2.24, 2.45) is 0 Å². The second kappa shape index (κ2) is 6.51. The summed E-state index contributed by atoms with van der Waals surface area (Å²) in [5.74, 6) is 1.14. The molecule has 1 aliphatic rings. The third-order valence-corrected chi connectivity index (χ3v) is 4.79. The van der Waals surface area contributed by atoms with Crippen LogP contribution in [0.4, 0.5) is 5.82 Å². The molecule has 1 aromatic carbocycles. The van der Waals surface area contributed by atoms with Gasteiger partial charge in [0.2, 0.25) is 5.91 Å². The van der Waals surface area contributed by atoms with Gasteiger partial charge in [-0.05, 0) is 23.1 Å². The molecule has 0 radical (unpaired) electrons. The van der Waals surface area contributed by atoms with Gasteiger partial charge >= 0.3 is 0 Å². The van der Waals surface area contributed by atoms with Crippen LogP contribution in [0.1, 0.15) is 6.92 Å². The van der Waals surface area contributed by atoms with E-state index in [1.165, 1.54) is 5.39 Å². The first kappa shape index (κ1) is 15.6. The van der Waals surface area contributed by atoms with E-state index in [2.05, 4.69) is 34.1 Å². The number of carbonyl (C=O) groups excluding carboxylic acids is 1. The summed E-state index contributed by atoms with van der Waals surface area (Å²) in [5, 5.41) is 2.33. The molecule has 0 bridgehead atoms. The highest BCUT2D eigenvalue weighted by molar-refractivity contribution is 6.01. The van der Waals surface area contributed by atoms with Gasteiger partial charge in [0.25, 0.3) is 0 Å². The van der Waals surface area contributed by atoms with E-state index >= 15 is 0 Å². The van der Waals surface area contributed by atoms with Gasteiger partial charge in [0.05, 0.1) is 0 Å². The highest BCUT2D eigenvalue weighted by Crippen LogP contribution is 2.33. The second-order valence-electron chi connectivity index (χ2n) is 6.27. The number of aromatic nitrogens is 2. The maximum absolute atomic E-state index is 11.5. The van der Waals surface area contributed by atoms with Gasteiger partial charge in [-0.25, -0.2) is 4.98 Å². The molecule has 0 saturated carbocycles. The number of benzene rings is 1. The van der Waals surface area contributed by atoms with E-state index in [9.17, 15) is 4.79 Å². The van der Waals surface area contributed by atoms with Gasteiger partial charge in [0.15, 0.2) is 0 Å². The molecule has 0 atom stereocenters. The minimum Gasteiger partial charge on any atom is -0.353 e. The van der Waals surface area contributed by atoms with Crippen LogP contribution in [0.15, 0.2) is 55.0 Å². The van der Waals surface area contributed by atoms with E-state index in [-0.39, 0.29) is 5.91 Å². The zero-order valence-electron chi connectivity index (χ0n) is 14.2. The van der Waals surface area contributed by atoms with Crippen LogP contribution in [0.25, 0.3) is 21.9 Å². The largest absolute Gasteiger partial charge is 0.353 e. The van der Waals surface area contributed by atoms with Crippen LogP contribution in [0, 0.1) is 0 Å². The highest BCUT2D eigenvalue weighted by atomic mass is 16.2. The maximum Gasteiger partial charge on any atom is 0.219 e. The lowest BCUT2D eigenvalue weighted by Crippen LogP contribution is -2.48. The van der Waals surface area contributed by atoms with Crippen LogP contribution in [0.2, 0.25) is 0 Å². The Labute approximate surface area is 146 Å². The number of fused-ring (bicyclic) bond motifs is 1. The van der Waals surface area contributed by atoms with E-state index < -0.39 is 0 Å². The summed E-state index contributed by atoms with van der Waals surface area (Å²) in [6.07, 6.45) is 5.56. The van der Waals surface area contributed by atoms with Crippen molar-refractivity contribution >= 4 is 22.5 Å².